The lowest BCUT2D eigenvalue weighted by Gasteiger charge is -2.22. The fourth-order valence-electron chi connectivity index (χ4n) is 2.67. The first-order valence-corrected chi connectivity index (χ1v) is 8.64. The van der Waals surface area contributed by atoms with Crippen LogP contribution in [0.2, 0.25) is 0 Å². The molecule has 0 aliphatic heterocycles. The molecule has 2 rings (SSSR count). The van der Waals surface area contributed by atoms with E-state index in [1.165, 1.54) is 0 Å². The van der Waals surface area contributed by atoms with Gasteiger partial charge in [0.2, 0.25) is 5.95 Å². The number of para-hydroxylation sites is 1. The van der Waals surface area contributed by atoms with Crippen molar-refractivity contribution in [2.24, 2.45) is 0 Å². The van der Waals surface area contributed by atoms with E-state index in [4.69, 9.17) is 9.72 Å². The summed E-state index contributed by atoms with van der Waals surface area (Å²) in [4.78, 5) is 11.6. The van der Waals surface area contributed by atoms with Crippen LogP contribution in [0.25, 0.3) is 0 Å². The zero-order chi connectivity index (χ0) is 17.4. The van der Waals surface area contributed by atoms with E-state index in [9.17, 15) is 0 Å². The first kappa shape index (κ1) is 18.0. The van der Waals surface area contributed by atoms with E-state index < -0.39 is 0 Å². The second kappa shape index (κ2) is 9.11. The van der Waals surface area contributed by atoms with Crippen molar-refractivity contribution in [2.75, 3.05) is 30.4 Å². The van der Waals surface area contributed by atoms with Gasteiger partial charge in [0.05, 0.1) is 7.11 Å². The summed E-state index contributed by atoms with van der Waals surface area (Å²) in [5, 5.41) is 3.40. The van der Waals surface area contributed by atoms with Gasteiger partial charge in [0.1, 0.15) is 11.6 Å². The van der Waals surface area contributed by atoms with Gasteiger partial charge in [-0.1, -0.05) is 32.0 Å². The summed E-state index contributed by atoms with van der Waals surface area (Å²) in [5.41, 5.74) is 2.08. The number of methoxy groups -OCH3 is 1. The molecule has 5 heteroatoms. The molecule has 2 aromatic rings. The Kier molecular flexibility index (Phi) is 6.85. The number of ether oxygens (including phenoxy) is 1. The molecule has 1 N–H and O–H groups in total. The van der Waals surface area contributed by atoms with Crippen molar-refractivity contribution in [3.05, 3.63) is 41.6 Å². The van der Waals surface area contributed by atoms with Crippen molar-refractivity contribution in [1.82, 2.24) is 9.97 Å². The second-order valence-electron chi connectivity index (χ2n) is 5.85. The Morgan fingerprint density at radius 1 is 1.08 bits per heavy atom. The van der Waals surface area contributed by atoms with Gasteiger partial charge in [0.25, 0.3) is 0 Å². The van der Waals surface area contributed by atoms with Crippen molar-refractivity contribution in [3.8, 4) is 5.75 Å². The molecule has 0 aliphatic rings. The van der Waals surface area contributed by atoms with Crippen LogP contribution in [0.3, 0.4) is 0 Å². The number of nitrogens with one attached hydrogen (secondary N) is 1. The molecule has 1 heterocycles. The van der Waals surface area contributed by atoms with Crippen molar-refractivity contribution < 1.29 is 4.74 Å². The Balaban J connectivity index is 2.15. The lowest BCUT2D eigenvalue weighted by Crippen LogP contribution is -2.27. The van der Waals surface area contributed by atoms with E-state index in [-0.39, 0.29) is 0 Å². The van der Waals surface area contributed by atoms with Crippen molar-refractivity contribution in [3.63, 3.8) is 0 Å². The zero-order valence-corrected chi connectivity index (χ0v) is 15.2. The highest BCUT2D eigenvalue weighted by Gasteiger charge is 2.10. The Morgan fingerprint density at radius 3 is 2.46 bits per heavy atom. The monoisotopic (exact) mass is 328 g/mol. The molecular weight excluding hydrogens is 300 g/mol. The molecule has 0 amide bonds. The van der Waals surface area contributed by atoms with Crippen LogP contribution in [-0.4, -0.2) is 30.2 Å². The minimum atomic E-state index is 0.668. The maximum Gasteiger partial charge on any atom is 0.227 e. The number of anilines is 2. The van der Waals surface area contributed by atoms with Crippen LogP contribution in [0.5, 0.6) is 5.75 Å². The Bertz CT molecular complexity index is 639. The highest BCUT2D eigenvalue weighted by atomic mass is 16.5. The van der Waals surface area contributed by atoms with E-state index >= 15 is 0 Å². The lowest BCUT2D eigenvalue weighted by molar-refractivity contribution is 0.410. The van der Waals surface area contributed by atoms with E-state index in [0.717, 1.165) is 54.7 Å². The van der Waals surface area contributed by atoms with Crippen LogP contribution in [0.15, 0.2) is 30.3 Å². The zero-order valence-electron chi connectivity index (χ0n) is 15.2. The van der Waals surface area contributed by atoms with Crippen LogP contribution < -0.4 is 15.0 Å². The smallest absolute Gasteiger partial charge is 0.227 e. The Hall–Kier alpha value is -2.30. The van der Waals surface area contributed by atoms with E-state index in [1.54, 1.807) is 7.11 Å². The van der Waals surface area contributed by atoms with Crippen molar-refractivity contribution in [1.29, 1.82) is 0 Å². The van der Waals surface area contributed by atoms with Crippen LogP contribution >= 0.6 is 0 Å². The normalized spacial score (nSPS) is 10.5. The van der Waals surface area contributed by atoms with Crippen molar-refractivity contribution >= 4 is 11.8 Å². The Morgan fingerprint density at radius 2 is 1.79 bits per heavy atom. The summed E-state index contributed by atoms with van der Waals surface area (Å²) in [6.07, 6.45) is 2.17. The third kappa shape index (κ3) is 4.85. The maximum atomic E-state index is 5.40. The molecule has 1 aromatic heterocycles. The van der Waals surface area contributed by atoms with Gasteiger partial charge < -0.3 is 15.0 Å². The van der Waals surface area contributed by atoms with E-state index in [1.807, 2.05) is 31.2 Å². The number of aromatic nitrogens is 2. The van der Waals surface area contributed by atoms with Crippen LogP contribution in [0, 0.1) is 6.92 Å². The fraction of sp³-hybridized carbons (Fsp3) is 0.474. The van der Waals surface area contributed by atoms with Crippen LogP contribution in [0.4, 0.5) is 11.8 Å². The summed E-state index contributed by atoms with van der Waals surface area (Å²) >= 11 is 0. The molecule has 1 aromatic carbocycles. The van der Waals surface area contributed by atoms with Gasteiger partial charge in [-0.25, -0.2) is 4.98 Å². The topological polar surface area (TPSA) is 50.3 Å². The van der Waals surface area contributed by atoms with Gasteiger partial charge in [-0.05, 0) is 25.8 Å². The predicted octanol–water partition coefficient (Wildman–Crippen LogP) is 4.03. The van der Waals surface area contributed by atoms with Gasteiger partial charge in [0.15, 0.2) is 0 Å². The highest BCUT2D eigenvalue weighted by molar-refractivity contribution is 5.45. The van der Waals surface area contributed by atoms with Gasteiger partial charge in [-0.15, -0.1) is 0 Å². The second-order valence-corrected chi connectivity index (χ2v) is 5.85. The quantitative estimate of drug-likeness (QED) is 0.753. The molecule has 0 fully saturated rings. The number of nitrogens with zero attached hydrogens (tertiary/aromatic N) is 3. The third-order valence-electron chi connectivity index (χ3n) is 3.76. The van der Waals surface area contributed by atoms with Crippen LogP contribution in [-0.2, 0) is 6.54 Å². The van der Waals surface area contributed by atoms with E-state index in [2.05, 4.69) is 35.1 Å². The molecule has 0 unspecified atom stereocenters. The molecule has 0 aliphatic carbocycles. The Labute approximate surface area is 145 Å². The number of aryl methyl sites for hydroxylation is 1. The van der Waals surface area contributed by atoms with Gasteiger partial charge >= 0.3 is 0 Å². The van der Waals surface area contributed by atoms with Gasteiger partial charge in [-0.3, -0.25) is 0 Å². The summed E-state index contributed by atoms with van der Waals surface area (Å²) < 4.78 is 5.40. The number of hydrogen-bond acceptors (Lipinski definition) is 5. The molecule has 0 bridgehead atoms. The summed E-state index contributed by atoms with van der Waals surface area (Å²) in [7, 11) is 1.69. The molecular formula is C19H28N4O. The third-order valence-corrected chi connectivity index (χ3v) is 3.76. The SMILES string of the molecule is CCCN(CCC)c1nc(C)cc(NCc2ccccc2OC)n1. The molecule has 0 spiro atoms. The summed E-state index contributed by atoms with van der Waals surface area (Å²) in [6.45, 7) is 8.99. The first-order valence-electron chi connectivity index (χ1n) is 8.64. The number of hydrogen-bond donors (Lipinski definition) is 1. The largest absolute Gasteiger partial charge is 0.496 e. The van der Waals surface area contributed by atoms with Crippen LogP contribution in [0.1, 0.15) is 37.9 Å². The first-order chi connectivity index (χ1) is 11.7. The average molecular weight is 328 g/mol. The highest BCUT2D eigenvalue weighted by Crippen LogP contribution is 2.20. The molecule has 0 radical (unpaired) electrons. The summed E-state index contributed by atoms with van der Waals surface area (Å²) in [5.74, 6) is 2.54. The van der Waals surface area contributed by atoms with E-state index in [0.29, 0.717) is 6.54 Å². The minimum absolute atomic E-state index is 0.668. The molecule has 0 saturated heterocycles. The molecule has 0 saturated carbocycles. The summed E-state index contributed by atoms with van der Waals surface area (Å²) in [6, 6.07) is 10.00. The standard InChI is InChI=1S/C19H28N4O/c1-5-11-23(12-6-2)19-21-15(3)13-18(22-19)20-14-16-9-7-8-10-17(16)24-4/h7-10,13H,5-6,11-12,14H2,1-4H3,(H,20,21,22). The van der Waals surface area contributed by atoms with Gasteiger partial charge in [0, 0.05) is 37.0 Å². The number of benzene rings is 1. The minimum Gasteiger partial charge on any atom is -0.496 e. The molecule has 5 nitrogen and oxygen atoms in total. The predicted molar refractivity (Wildman–Crippen MR) is 99.9 cm³/mol. The fourth-order valence-corrected chi connectivity index (χ4v) is 2.67. The van der Waals surface area contributed by atoms with Gasteiger partial charge in [-0.2, -0.15) is 4.98 Å². The molecule has 130 valence electrons. The molecule has 0 atom stereocenters. The lowest BCUT2D eigenvalue weighted by atomic mass is 10.2. The molecule has 24 heavy (non-hydrogen) atoms. The van der Waals surface area contributed by atoms with Crippen molar-refractivity contribution in [2.45, 2.75) is 40.2 Å². The number of rotatable bonds is 9. The maximum absolute atomic E-state index is 5.40. The average Bonchev–Trinajstić information content (AvgIpc) is 2.59.